The highest BCUT2D eigenvalue weighted by atomic mass is 35.5. The molecule has 20 heavy (non-hydrogen) atoms. The van der Waals surface area contributed by atoms with Gasteiger partial charge in [0.25, 0.3) is 0 Å². The van der Waals surface area contributed by atoms with Gasteiger partial charge in [0.2, 0.25) is 0 Å². The van der Waals surface area contributed by atoms with Crippen LogP contribution in [0.2, 0.25) is 0 Å². The monoisotopic (exact) mass is 297 g/mol. The van der Waals surface area contributed by atoms with E-state index in [2.05, 4.69) is 55.5 Å². The van der Waals surface area contributed by atoms with Crippen LogP contribution in [0.25, 0.3) is 0 Å². The third-order valence-electron chi connectivity index (χ3n) is 3.27. The number of halogens is 1. The van der Waals surface area contributed by atoms with E-state index in [1.807, 2.05) is 15.6 Å². The van der Waals surface area contributed by atoms with Gasteiger partial charge in [-0.3, -0.25) is 9.36 Å². The smallest absolute Gasteiger partial charge is 0.0638 e. The lowest BCUT2D eigenvalue weighted by molar-refractivity contribution is 0.528. The van der Waals surface area contributed by atoms with Gasteiger partial charge in [-0.15, -0.1) is 12.4 Å². The predicted molar refractivity (Wildman–Crippen MR) is 83.0 cm³/mol. The highest BCUT2D eigenvalue weighted by Gasteiger charge is 2.07. The van der Waals surface area contributed by atoms with Crippen molar-refractivity contribution in [2.75, 3.05) is 0 Å². The van der Waals surface area contributed by atoms with Gasteiger partial charge < -0.3 is 5.32 Å². The van der Waals surface area contributed by atoms with Gasteiger partial charge in [-0.1, -0.05) is 0 Å². The summed E-state index contributed by atoms with van der Waals surface area (Å²) < 4.78 is 4.03. The van der Waals surface area contributed by atoms with Crippen molar-refractivity contribution in [3.05, 3.63) is 35.4 Å². The molecule has 0 spiro atoms. The molecule has 0 bridgehead atoms. The van der Waals surface area contributed by atoms with Crippen LogP contribution in [0.5, 0.6) is 0 Å². The number of aryl methyl sites for hydroxylation is 2. The van der Waals surface area contributed by atoms with Crippen molar-refractivity contribution < 1.29 is 0 Å². The van der Waals surface area contributed by atoms with Gasteiger partial charge in [0.15, 0.2) is 0 Å². The number of aromatic nitrogens is 4. The summed E-state index contributed by atoms with van der Waals surface area (Å²) in [6, 6.07) is 2.47. The molecule has 5 nitrogen and oxygen atoms in total. The largest absolute Gasteiger partial charge is 0.307 e. The Labute approximate surface area is 126 Å². The van der Waals surface area contributed by atoms with Crippen molar-refractivity contribution in [3.63, 3.8) is 0 Å². The Bertz CT molecular complexity index is 529. The van der Waals surface area contributed by atoms with Gasteiger partial charge in [0, 0.05) is 43.6 Å². The molecule has 0 unspecified atom stereocenters. The second-order valence-electron chi connectivity index (χ2n) is 5.06. The average molecular weight is 298 g/mol. The number of nitrogens with one attached hydrogen (secondary N) is 1. The molecule has 0 aliphatic rings. The van der Waals surface area contributed by atoms with E-state index in [1.165, 1.54) is 11.3 Å². The summed E-state index contributed by atoms with van der Waals surface area (Å²) in [6.45, 7) is 11.0. The van der Waals surface area contributed by atoms with Crippen LogP contribution in [0.1, 0.15) is 43.8 Å². The third-order valence-corrected chi connectivity index (χ3v) is 3.27. The normalized spacial score (nSPS) is 10.8. The molecule has 0 fully saturated rings. The molecule has 0 saturated heterocycles. The fraction of sp³-hybridized carbons (Fsp3) is 0.571. The Morgan fingerprint density at radius 1 is 1.30 bits per heavy atom. The highest BCUT2D eigenvalue weighted by Crippen LogP contribution is 2.10. The summed E-state index contributed by atoms with van der Waals surface area (Å²) in [5.74, 6) is 0. The molecule has 0 aliphatic heterocycles. The third kappa shape index (κ3) is 3.84. The van der Waals surface area contributed by atoms with E-state index in [0.717, 1.165) is 25.3 Å². The molecular formula is C14H24ClN5. The van der Waals surface area contributed by atoms with E-state index in [4.69, 9.17) is 0 Å². The molecule has 0 amide bonds. The van der Waals surface area contributed by atoms with Gasteiger partial charge in [-0.25, -0.2) is 0 Å². The quantitative estimate of drug-likeness (QED) is 0.892. The van der Waals surface area contributed by atoms with E-state index in [1.54, 1.807) is 0 Å². The first-order valence-electron chi connectivity index (χ1n) is 6.87. The van der Waals surface area contributed by atoms with Crippen LogP contribution in [-0.4, -0.2) is 19.6 Å². The molecule has 0 aromatic carbocycles. The van der Waals surface area contributed by atoms with E-state index in [9.17, 15) is 0 Å². The van der Waals surface area contributed by atoms with Crippen LogP contribution < -0.4 is 5.32 Å². The SMILES string of the molecule is CCn1nccc1CNCc1cn(C(C)C)nc1C.Cl. The first-order chi connectivity index (χ1) is 9.11. The highest BCUT2D eigenvalue weighted by molar-refractivity contribution is 5.85. The lowest BCUT2D eigenvalue weighted by atomic mass is 10.2. The van der Waals surface area contributed by atoms with Gasteiger partial charge in [-0.2, -0.15) is 10.2 Å². The van der Waals surface area contributed by atoms with Crippen molar-refractivity contribution >= 4 is 12.4 Å². The van der Waals surface area contributed by atoms with Gasteiger partial charge in [0.05, 0.1) is 11.4 Å². The van der Waals surface area contributed by atoms with Crippen LogP contribution in [0.4, 0.5) is 0 Å². The lowest BCUT2D eigenvalue weighted by Crippen LogP contribution is -2.16. The molecule has 1 N–H and O–H groups in total. The molecule has 2 aromatic heterocycles. The number of nitrogens with zero attached hydrogens (tertiary/aromatic N) is 4. The summed E-state index contributed by atoms with van der Waals surface area (Å²) in [7, 11) is 0. The maximum Gasteiger partial charge on any atom is 0.0638 e. The minimum atomic E-state index is 0. The maximum absolute atomic E-state index is 4.52. The summed E-state index contributed by atoms with van der Waals surface area (Å²) in [5, 5.41) is 12.2. The van der Waals surface area contributed by atoms with Crippen molar-refractivity contribution in [2.45, 2.75) is 53.4 Å². The zero-order valence-corrected chi connectivity index (χ0v) is 13.4. The predicted octanol–water partition coefficient (Wildman–Crippen LogP) is 2.70. The second kappa shape index (κ2) is 7.45. The van der Waals surface area contributed by atoms with Crippen LogP contribution in [0.3, 0.4) is 0 Å². The molecule has 0 atom stereocenters. The Balaban J connectivity index is 0.00000200. The molecule has 2 aromatic rings. The molecule has 0 radical (unpaired) electrons. The Morgan fingerprint density at radius 3 is 2.65 bits per heavy atom. The minimum Gasteiger partial charge on any atom is -0.307 e. The summed E-state index contributed by atoms with van der Waals surface area (Å²) in [4.78, 5) is 0. The fourth-order valence-corrected chi connectivity index (χ4v) is 2.08. The number of hydrogen-bond donors (Lipinski definition) is 1. The summed E-state index contributed by atoms with van der Waals surface area (Å²) in [5.41, 5.74) is 3.58. The summed E-state index contributed by atoms with van der Waals surface area (Å²) >= 11 is 0. The molecule has 0 saturated carbocycles. The number of rotatable bonds is 6. The van der Waals surface area contributed by atoms with Crippen molar-refractivity contribution in [1.82, 2.24) is 24.9 Å². The second-order valence-corrected chi connectivity index (χ2v) is 5.06. The zero-order chi connectivity index (χ0) is 13.8. The molecule has 2 heterocycles. The fourth-order valence-electron chi connectivity index (χ4n) is 2.08. The maximum atomic E-state index is 4.52. The van der Waals surface area contributed by atoms with E-state index < -0.39 is 0 Å². The molecule has 112 valence electrons. The van der Waals surface area contributed by atoms with Crippen LogP contribution >= 0.6 is 12.4 Å². The Kier molecular flexibility index (Phi) is 6.23. The Morgan fingerprint density at radius 2 is 2.05 bits per heavy atom. The topological polar surface area (TPSA) is 47.7 Å². The lowest BCUT2D eigenvalue weighted by Gasteiger charge is -2.06. The average Bonchev–Trinajstić information content (AvgIpc) is 2.96. The van der Waals surface area contributed by atoms with Crippen molar-refractivity contribution in [2.24, 2.45) is 0 Å². The first-order valence-corrected chi connectivity index (χ1v) is 6.87. The van der Waals surface area contributed by atoms with Gasteiger partial charge in [0.1, 0.15) is 0 Å². The molecule has 2 rings (SSSR count). The zero-order valence-electron chi connectivity index (χ0n) is 12.6. The van der Waals surface area contributed by atoms with Crippen molar-refractivity contribution in [1.29, 1.82) is 0 Å². The van der Waals surface area contributed by atoms with Crippen LogP contribution in [0, 0.1) is 6.92 Å². The van der Waals surface area contributed by atoms with Crippen LogP contribution in [0.15, 0.2) is 18.5 Å². The minimum absolute atomic E-state index is 0. The molecular weight excluding hydrogens is 274 g/mol. The Hall–Kier alpha value is -1.33. The van der Waals surface area contributed by atoms with E-state index in [-0.39, 0.29) is 12.4 Å². The van der Waals surface area contributed by atoms with Gasteiger partial charge in [-0.05, 0) is 33.8 Å². The molecule has 6 heteroatoms. The number of hydrogen-bond acceptors (Lipinski definition) is 3. The first kappa shape index (κ1) is 16.7. The molecule has 0 aliphatic carbocycles. The van der Waals surface area contributed by atoms with Crippen LogP contribution in [-0.2, 0) is 19.6 Å². The standard InChI is InChI=1S/C14H23N5.ClH/c1-5-18-14(6-7-16-18)9-15-8-13-10-19(11(2)3)17-12(13)4;/h6-7,10-11,15H,5,8-9H2,1-4H3;1H. The van der Waals surface area contributed by atoms with E-state index in [0.29, 0.717) is 6.04 Å². The van der Waals surface area contributed by atoms with Gasteiger partial charge >= 0.3 is 0 Å². The van der Waals surface area contributed by atoms with Crippen molar-refractivity contribution in [3.8, 4) is 0 Å². The summed E-state index contributed by atoms with van der Waals surface area (Å²) in [6.07, 6.45) is 3.98. The van der Waals surface area contributed by atoms with E-state index >= 15 is 0 Å².